The predicted molar refractivity (Wildman–Crippen MR) is 70.1 cm³/mol. The number of hydrogen-bond donors (Lipinski definition) is 2. The summed E-state index contributed by atoms with van der Waals surface area (Å²) in [4.78, 5) is 0. The molecule has 0 saturated carbocycles. The Hall–Kier alpha value is -1.35. The zero-order valence-corrected chi connectivity index (χ0v) is 9.73. The first kappa shape index (κ1) is 11.7. The standard InChI is InChI=1S/C12H16N2S/c1-10(2)8-9-13-12(15)14-11-6-4-3-5-7-11/h3-7H,1,8-9H2,2H3,(H2,13,14,15). The Morgan fingerprint density at radius 2 is 2.00 bits per heavy atom. The van der Waals surface area contributed by atoms with Gasteiger partial charge in [-0.25, -0.2) is 0 Å². The fourth-order valence-corrected chi connectivity index (χ4v) is 1.31. The first-order chi connectivity index (χ1) is 7.18. The minimum absolute atomic E-state index is 0.655. The molecule has 0 atom stereocenters. The Morgan fingerprint density at radius 1 is 1.33 bits per heavy atom. The van der Waals surface area contributed by atoms with Crippen LogP contribution < -0.4 is 10.6 Å². The van der Waals surface area contributed by atoms with Crippen LogP contribution in [-0.2, 0) is 0 Å². The van der Waals surface area contributed by atoms with Crippen LogP contribution in [0.4, 0.5) is 5.69 Å². The summed E-state index contributed by atoms with van der Waals surface area (Å²) in [5.41, 5.74) is 2.16. The van der Waals surface area contributed by atoms with E-state index in [1.54, 1.807) is 0 Å². The maximum Gasteiger partial charge on any atom is 0.170 e. The van der Waals surface area contributed by atoms with Crippen LogP contribution in [0.1, 0.15) is 13.3 Å². The predicted octanol–water partition coefficient (Wildman–Crippen LogP) is 2.94. The lowest BCUT2D eigenvalue weighted by molar-refractivity contribution is 0.865. The van der Waals surface area contributed by atoms with Crippen molar-refractivity contribution in [2.75, 3.05) is 11.9 Å². The fraction of sp³-hybridized carbons (Fsp3) is 0.250. The van der Waals surface area contributed by atoms with Gasteiger partial charge in [-0.05, 0) is 37.7 Å². The van der Waals surface area contributed by atoms with Gasteiger partial charge in [0.15, 0.2) is 5.11 Å². The van der Waals surface area contributed by atoms with Crippen LogP contribution in [0.25, 0.3) is 0 Å². The van der Waals surface area contributed by atoms with E-state index in [1.807, 2.05) is 37.3 Å². The van der Waals surface area contributed by atoms with Gasteiger partial charge < -0.3 is 10.6 Å². The molecular formula is C12H16N2S. The monoisotopic (exact) mass is 220 g/mol. The number of benzene rings is 1. The van der Waals surface area contributed by atoms with Crippen molar-refractivity contribution in [2.45, 2.75) is 13.3 Å². The van der Waals surface area contributed by atoms with Crippen LogP contribution in [0.3, 0.4) is 0 Å². The summed E-state index contributed by atoms with van der Waals surface area (Å²) in [6.07, 6.45) is 0.941. The minimum Gasteiger partial charge on any atom is -0.362 e. The maximum absolute atomic E-state index is 5.14. The van der Waals surface area contributed by atoms with Gasteiger partial charge in [0.2, 0.25) is 0 Å². The smallest absolute Gasteiger partial charge is 0.170 e. The Morgan fingerprint density at radius 3 is 2.60 bits per heavy atom. The molecule has 2 N–H and O–H groups in total. The highest BCUT2D eigenvalue weighted by Crippen LogP contribution is 2.04. The first-order valence-electron chi connectivity index (χ1n) is 4.93. The summed E-state index contributed by atoms with van der Waals surface area (Å²) in [6, 6.07) is 9.87. The second-order valence-electron chi connectivity index (χ2n) is 3.45. The SMILES string of the molecule is C=C(C)CCNC(=S)Nc1ccccc1. The quantitative estimate of drug-likeness (QED) is 0.602. The van der Waals surface area contributed by atoms with Gasteiger partial charge in [0.1, 0.15) is 0 Å². The van der Waals surface area contributed by atoms with Crippen LogP contribution in [0.15, 0.2) is 42.5 Å². The number of nitrogens with one attached hydrogen (secondary N) is 2. The fourth-order valence-electron chi connectivity index (χ4n) is 1.09. The third-order valence-corrected chi connectivity index (χ3v) is 2.12. The molecule has 0 fully saturated rings. The third kappa shape index (κ3) is 5.18. The minimum atomic E-state index is 0.655. The number of anilines is 1. The van der Waals surface area contributed by atoms with Gasteiger partial charge >= 0.3 is 0 Å². The number of rotatable bonds is 4. The van der Waals surface area contributed by atoms with E-state index < -0.39 is 0 Å². The van der Waals surface area contributed by atoms with E-state index in [4.69, 9.17) is 12.2 Å². The first-order valence-corrected chi connectivity index (χ1v) is 5.33. The molecule has 1 rings (SSSR count). The molecule has 0 radical (unpaired) electrons. The number of thiocarbonyl (C=S) groups is 1. The summed E-state index contributed by atoms with van der Waals surface area (Å²) >= 11 is 5.14. The maximum atomic E-state index is 5.14. The highest BCUT2D eigenvalue weighted by molar-refractivity contribution is 7.80. The van der Waals surface area contributed by atoms with Crippen LogP contribution in [0.2, 0.25) is 0 Å². The summed E-state index contributed by atoms with van der Waals surface area (Å²) in [7, 11) is 0. The van der Waals surface area contributed by atoms with E-state index in [-0.39, 0.29) is 0 Å². The summed E-state index contributed by atoms with van der Waals surface area (Å²) in [5.74, 6) is 0. The molecule has 0 bridgehead atoms. The molecule has 2 nitrogen and oxygen atoms in total. The summed E-state index contributed by atoms with van der Waals surface area (Å²) < 4.78 is 0. The van der Waals surface area contributed by atoms with Crippen molar-refractivity contribution in [2.24, 2.45) is 0 Å². The van der Waals surface area contributed by atoms with Crippen molar-refractivity contribution in [1.82, 2.24) is 5.32 Å². The normalized spacial score (nSPS) is 9.40. The lowest BCUT2D eigenvalue weighted by Gasteiger charge is -2.09. The molecule has 0 spiro atoms. The van der Waals surface area contributed by atoms with E-state index in [9.17, 15) is 0 Å². The molecule has 15 heavy (non-hydrogen) atoms. The second kappa shape index (κ2) is 6.19. The molecule has 0 aliphatic heterocycles. The largest absolute Gasteiger partial charge is 0.362 e. The zero-order chi connectivity index (χ0) is 11.1. The van der Waals surface area contributed by atoms with Crippen molar-refractivity contribution in [3.8, 4) is 0 Å². The van der Waals surface area contributed by atoms with Crippen molar-refractivity contribution in [1.29, 1.82) is 0 Å². The Kier molecular flexibility index (Phi) is 4.84. The number of para-hydroxylation sites is 1. The Balaban J connectivity index is 2.28. The molecule has 0 saturated heterocycles. The zero-order valence-electron chi connectivity index (χ0n) is 8.92. The van der Waals surface area contributed by atoms with Crippen LogP contribution in [0.5, 0.6) is 0 Å². The van der Waals surface area contributed by atoms with Gasteiger partial charge in [-0.2, -0.15) is 0 Å². The van der Waals surface area contributed by atoms with Crippen LogP contribution in [-0.4, -0.2) is 11.7 Å². The van der Waals surface area contributed by atoms with Crippen molar-refractivity contribution in [3.63, 3.8) is 0 Å². The molecule has 0 unspecified atom stereocenters. The van der Waals surface area contributed by atoms with Crippen LogP contribution in [0, 0.1) is 0 Å². The summed E-state index contributed by atoms with van der Waals surface area (Å²) in [6.45, 7) is 6.67. The van der Waals surface area contributed by atoms with Crippen molar-refractivity contribution < 1.29 is 0 Å². The molecular weight excluding hydrogens is 204 g/mol. The van der Waals surface area contributed by atoms with Gasteiger partial charge in [0, 0.05) is 12.2 Å². The molecule has 0 aliphatic rings. The number of hydrogen-bond acceptors (Lipinski definition) is 1. The molecule has 3 heteroatoms. The molecule has 0 heterocycles. The lowest BCUT2D eigenvalue weighted by atomic mass is 10.2. The average Bonchev–Trinajstić information content (AvgIpc) is 2.18. The van der Waals surface area contributed by atoms with Gasteiger partial charge in [0.05, 0.1) is 0 Å². The van der Waals surface area contributed by atoms with E-state index in [0.29, 0.717) is 5.11 Å². The highest BCUT2D eigenvalue weighted by atomic mass is 32.1. The topological polar surface area (TPSA) is 24.1 Å². The lowest BCUT2D eigenvalue weighted by Crippen LogP contribution is -2.29. The van der Waals surface area contributed by atoms with Crippen molar-refractivity contribution >= 4 is 23.0 Å². The van der Waals surface area contributed by atoms with Crippen molar-refractivity contribution in [3.05, 3.63) is 42.5 Å². The Bertz CT molecular complexity index is 333. The average molecular weight is 220 g/mol. The highest BCUT2D eigenvalue weighted by Gasteiger charge is 1.95. The molecule has 0 aliphatic carbocycles. The van der Waals surface area contributed by atoms with Gasteiger partial charge in [-0.15, -0.1) is 6.58 Å². The van der Waals surface area contributed by atoms with Gasteiger partial charge in [-0.1, -0.05) is 23.8 Å². The molecule has 1 aromatic rings. The molecule has 0 amide bonds. The molecule has 0 aromatic heterocycles. The van der Waals surface area contributed by atoms with Crippen LogP contribution >= 0.6 is 12.2 Å². The van der Waals surface area contributed by atoms with Gasteiger partial charge in [-0.3, -0.25) is 0 Å². The van der Waals surface area contributed by atoms with E-state index in [1.165, 1.54) is 0 Å². The van der Waals surface area contributed by atoms with E-state index >= 15 is 0 Å². The van der Waals surface area contributed by atoms with E-state index in [0.717, 1.165) is 24.2 Å². The third-order valence-electron chi connectivity index (χ3n) is 1.87. The van der Waals surface area contributed by atoms with Gasteiger partial charge in [0.25, 0.3) is 0 Å². The summed E-state index contributed by atoms with van der Waals surface area (Å²) in [5, 5.41) is 6.88. The molecule has 1 aromatic carbocycles. The van der Waals surface area contributed by atoms with E-state index in [2.05, 4.69) is 17.2 Å². The second-order valence-corrected chi connectivity index (χ2v) is 3.86. The Labute approximate surface area is 96.4 Å². The molecule has 80 valence electrons.